The first kappa shape index (κ1) is 18.7. The number of nitrogens with one attached hydrogen (secondary N) is 2. The number of anilines is 3. The Morgan fingerprint density at radius 1 is 1.07 bits per heavy atom. The van der Waals surface area contributed by atoms with E-state index in [-0.39, 0.29) is 5.91 Å². The summed E-state index contributed by atoms with van der Waals surface area (Å²) in [5.74, 6) is 0.480. The van der Waals surface area contributed by atoms with Gasteiger partial charge in [0, 0.05) is 28.3 Å². The van der Waals surface area contributed by atoms with Crippen LogP contribution < -0.4 is 15.4 Å². The van der Waals surface area contributed by atoms with E-state index in [1.54, 1.807) is 24.4 Å². The monoisotopic (exact) mass is 381 g/mol. The first-order valence-electron chi connectivity index (χ1n) is 8.58. The molecule has 138 valence electrons. The summed E-state index contributed by atoms with van der Waals surface area (Å²) < 4.78 is 5.40. The minimum absolute atomic E-state index is 0.282. The van der Waals surface area contributed by atoms with Crippen LogP contribution in [-0.2, 0) is 0 Å². The number of halogens is 1. The zero-order valence-electron chi connectivity index (χ0n) is 15.1. The van der Waals surface area contributed by atoms with Gasteiger partial charge in [-0.15, -0.1) is 0 Å². The molecule has 0 saturated heterocycles. The first-order valence-corrected chi connectivity index (χ1v) is 8.96. The molecule has 0 spiro atoms. The van der Waals surface area contributed by atoms with Crippen LogP contribution in [0.3, 0.4) is 0 Å². The van der Waals surface area contributed by atoms with Gasteiger partial charge in [-0.05, 0) is 74.0 Å². The van der Waals surface area contributed by atoms with Crippen LogP contribution in [0.1, 0.15) is 23.0 Å². The van der Waals surface area contributed by atoms with Gasteiger partial charge in [-0.2, -0.15) is 0 Å². The Balaban J connectivity index is 1.71. The predicted molar refractivity (Wildman–Crippen MR) is 109 cm³/mol. The second-order valence-corrected chi connectivity index (χ2v) is 6.36. The number of carbonyl (C=O) groups excluding carboxylic acids is 1. The summed E-state index contributed by atoms with van der Waals surface area (Å²) in [6, 6.07) is 16.3. The fraction of sp³-hybridized carbons (Fsp3) is 0.143. The predicted octanol–water partition coefficient (Wildman–Crippen LogP) is 5.44. The van der Waals surface area contributed by atoms with Crippen molar-refractivity contribution in [2.75, 3.05) is 17.2 Å². The van der Waals surface area contributed by atoms with E-state index in [4.69, 9.17) is 16.3 Å². The normalized spacial score (nSPS) is 10.3. The molecule has 3 rings (SSSR count). The summed E-state index contributed by atoms with van der Waals surface area (Å²) in [5, 5.41) is 6.80. The Morgan fingerprint density at radius 3 is 2.56 bits per heavy atom. The summed E-state index contributed by atoms with van der Waals surface area (Å²) in [6.45, 7) is 4.49. The van der Waals surface area contributed by atoms with Gasteiger partial charge in [0.05, 0.1) is 6.61 Å². The van der Waals surface area contributed by atoms with E-state index in [0.717, 1.165) is 22.7 Å². The molecule has 27 heavy (non-hydrogen) atoms. The lowest BCUT2D eigenvalue weighted by atomic mass is 10.2. The fourth-order valence-corrected chi connectivity index (χ4v) is 2.78. The fourth-order valence-electron chi connectivity index (χ4n) is 2.55. The molecule has 0 fully saturated rings. The summed E-state index contributed by atoms with van der Waals surface area (Å²) in [4.78, 5) is 16.7. The molecule has 0 aliphatic heterocycles. The Bertz CT molecular complexity index is 942. The van der Waals surface area contributed by atoms with Gasteiger partial charge in [-0.1, -0.05) is 11.6 Å². The molecule has 0 atom stereocenters. The second-order valence-electron chi connectivity index (χ2n) is 5.93. The van der Waals surface area contributed by atoms with E-state index in [9.17, 15) is 4.79 Å². The lowest BCUT2D eigenvalue weighted by molar-refractivity contribution is 0.102. The summed E-state index contributed by atoms with van der Waals surface area (Å²) in [6.07, 6.45) is 1.60. The standard InChI is InChI=1S/C21H20ClN3O2/c1-3-27-18-7-5-16(6-8-18)25-21(26)20-13-17(10-11-23-20)24-19-9-4-15(22)12-14(19)2/h4-13H,3H2,1-2H3,(H,23,24)(H,25,26). The van der Waals surface area contributed by atoms with E-state index in [1.165, 1.54) is 0 Å². The van der Waals surface area contributed by atoms with Gasteiger partial charge in [-0.25, -0.2) is 0 Å². The molecule has 0 radical (unpaired) electrons. The maximum atomic E-state index is 12.5. The smallest absolute Gasteiger partial charge is 0.274 e. The number of aromatic nitrogens is 1. The molecule has 2 N–H and O–H groups in total. The van der Waals surface area contributed by atoms with Crippen molar-refractivity contribution in [1.29, 1.82) is 0 Å². The number of nitrogens with zero attached hydrogens (tertiary/aromatic N) is 1. The molecule has 1 amide bonds. The topological polar surface area (TPSA) is 63.2 Å². The highest BCUT2D eigenvalue weighted by Crippen LogP contribution is 2.24. The Morgan fingerprint density at radius 2 is 1.85 bits per heavy atom. The Labute approximate surface area is 163 Å². The van der Waals surface area contributed by atoms with Crippen LogP contribution in [0.15, 0.2) is 60.8 Å². The number of aryl methyl sites for hydroxylation is 1. The maximum Gasteiger partial charge on any atom is 0.274 e. The summed E-state index contributed by atoms with van der Waals surface area (Å²) in [5.41, 5.74) is 3.70. The van der Waals surface area contributed by atoms with Crippen molar-refractivity contribution >= 4 is 34.6 Å². The van der Waals surface area contributed by atoms with Crippen molar-refractivity contribution in [3.05, 3.63) is 77.1 Å². The quantitative estimate of drug-likeness (QED) is 0.597. The third-order valence-corrected chi connectivity index (χ3v) is 4.12. The lowest BCUT2D eigenvalue weighted by Gasteiger charge is -2.11. The van der Waals surface area contributed by atoms with Crippen molar-refractivity contribution in [3.63, 3.8) is 0 Å². The number of benzene rings is 2. The van der Waals surface area contributed by atoms with E-state index < -0.39 is 0 Å². The van der Waals surface area contributed by atoms with Crippen LogP contribution in [-0.4, -0.2) is 17.5 Å². The van der Waals surface area contributed by atoms with Gasteiger partial charge in [-0.3, -0.25) is 9.78 Å². The number of rotatable bonds is 6. The molecule has 1 aromatic heterocycles. The van der Waals surface area contributed by atoms with Gasteiger partial charge in [0.25, 0.3) is 5.91 Å². The summed E-state index contributed by atoms with van der Waals surface area (Å²) in [7, 11) is 0. The number of carbonyl (C=O) groups is 1. The Kier molecular flexibility index (Phi) is 5.94. The number of pyridine rings is 1. The molecule has 0 unspecified atom stereocenters. The zero-order chi connectivity index (χ0) is 19.2. The molecule has 0 bridgehead atoms. The second kappa shape index (κ2) is 8.56. The highest BCUT2D eigenvalue weighted by Gasteiger charge is 2.09. The molecule has 3 aromatic rings. The zero-order valence-corrected chi connectivity index (χ0v) is 15.9. The molecule has 2 aromatic carbocycles. The minimum Gasteiger partial charge on any atom is -0.494 e. The van der Waals surface area contributed by atoms with Gasteiger partial charge >= 0.3 is 0 Å². The Hall–Kier alpha value is -3.05. The molecule has 5 nitrogen and oxygen atoms in total. The lowest BCUT2D eigenvalue weighted by Crippen LogP contribution is -2.13. The van der Waals surface area contributed by atoms with Crippen LogP contribution in [0.25, 0.3) is 0 Å². The average Bonchev–Trinajstić information content (AvgIpc) is 2.66. The maximum absolute atomic E-state index is 12.5. The number of hydrogen-bond donors (Lipinski definition) is 2. The van der Waals surface area contributed by atoms with Gasteiger partial charge in [0.1, 0.15) is 11.4 Å². The minimum atomic E-state index is -0.282. The van der Waals surface area contributed by atoms with Crippen molar-refractivity contribution in [2.24, 2.45) is 0 Å². The van der Waals surface area contributed by atoms with E-state index in [0.29, 0.717) is 23.0 Å². The molecular formula is C21H20ClN3O2. The molecule has 0 aliphatic carbocycles. The first-order chi connectivity index (χ1) is 13.0. The highest BCUT2D eigenvalue weighted by atomic mass is 35.5. The van der Waals surface area contributed by atoms with Crippen LogP contribution in [0, 0.1) is 6.92 Å². The van der Waals surface area contributed by atoms with Crippen LogP contribution >= 0.6 is 11.6 Å². The number of amides is 1. The van der Waals surface area contributed by atoms with Gasteiger partial charge < -0.3 is 15.4 Å². The molecule has 6 heteroatoms. The van der Waals surface area contributed by atoms with Crippen molar-refractivity contribution < 1.29 is 9.53 Å². The van der Waals surface area contributed by atoms with Crippen molar-refractivity contribution in [2.45, 2.75) is 13.8 Å². The van der Waals surface area contributed by atoms with Crippen molar-refractivity contribution in [1.82, 2.24) is 4.98 Å². The summed E-state index contributed by atoms with van der Waals surface area (Å²) >= 11 is 5.99. The molecule has 0 aliphatic rings. The van der Waals surface area contributed by atoms with Crippen molar-refractivity contribution in [3.8, 4) is 5.75 Å². The average molecular weight is 382 g/mol. The molecule has 1 heterocycles. The molecule has 0 saturated carbocycles. The number of hydrogen-bond acceptors (Lipinski definition) is 4. The van der Waals surface area contributed by atoms with Crippen LogP contribution in [0.2, 0.25) is 5.02 Å². The largest absolute Gasteiger partial charge is 0.494 e. The number of ether oxygens (including phenoxy) is 1. The van der Waals surface area contributed by atoms with E-state index in [2.05, 4.69) is 15.6 Å². The third-order valence-electron chi connectivity index (χ3n) is 3.88. The highest BCUT2D eigenvalue weighted by molar-refractivity contribution is 6.30. The van der Waals surface area contributed by atoms with Gasteiger partial charge in [0.2, 0.25) is 0 Å². The van der Waals surface area contributed by atoms with Crippen LogP contribution in [0.5, 0.6) is 5.75 Å². The van der Waals surface area contributed by atoms with E-state index >= 15 is 0 Å². The van der Waals surface area contributed by atoms with Crippen LogP contribution in [0.4, 0.5) is 17.1 Å². The van der Waals surface area contributed by atoms with E-state index in [1.807, 2.05) is 50.2 Å². The van der Waals surface area contributed by atoms with Gasteiger partial charge in [0.15, 0.2) is 0 Å². The third kappa shape index (κ3) is 4.99. The molecular weight excluding hydrogens is 362 g/mol. The SMILES string of the molecule is CCOc1ccc(NC(=O)c2cc(Nc3ccc(Cl)cc3C)ccn2)cc1.